The summed E-state index contributed by atoms with van der Waals surface area (Å²) in [6.07, 6.45) is 0. The Morgan fingerprint density at radius 2 is 2.19 bits per heavy atom. The summed E-state index contributed by atoms with van der Waals surface area (Å²) in [5.74, 6) is -0.0376. The van der Waals surface area contributed by atoms with E-state index in [1.807, 2.05) is 12.1 Å². The monoisotopic (exact) mass is 219 g/mol. The molecule has 3 N–H and O–H groups in total. The summed E-state index contributed by atoms with van der Waals surface area (Å²) >= 11 is 0. The van der Waals surface area contributed by atoms with Gasteiger partial charge in [-0.05, 0) is 6.07 Å². The summed E-state index contributed by atoms with van der Waals surface area (Å²) in [6, 6.07) is 8.73. The maximum Gasteiger partial charge on any atom is 0.234 e. The largest absolute Gasteiger partial charge is 0.508 e. The average Bonchev–Trinajstić information content (AvgIpc) is 2.29. The van der Waals surface area contributed by atoms with Crippen LogP contribution in [0, 0.1) is 11.3 Å². The molecule has 0 radical (unpaired) electrons. The highest BCUT2D eigenvalue weighted by Gasteiger charge is 2.01. The van der Waals surface area contributed by atoms with Crippen LogP contribution in [0.3, 0.4) is 0 Å². The number of benzene rings is 1. The predicted molar refractivity (Wildman–Crippen MR) is 58.4 cm³/mol. The molecule has 0 bridgehead atoms. The molecular weight excluding hydrogens is 206 g/mol. The topological polar surface area (TPSA) is 85.2 Å². The predicted octanol–water partition coefficient (Wildman–Crippen LogP) is 0.122. The van der Waals surface area contributed by atoms with E-state index in [2.05, 4.69) is 10.6 Å². The highest BCUT2D eigenvalue weighted by atomic mass is 16.3. The quantitative estimate of drug-likeness (QED) is 0.614. The normalized spacial score (nSPS) is 9.44. The minimum Gasteiger partial charge on any atom is -0.508 e. The summed E-state index contributed by atoms with van der Waals surface area (Å²) in [4.78, 5) is 11.1. The Morgan fingerprint density at radius 3 is 2.88 bits per heavy atom. The summed E-state index contributed by atoms with van der Waals surface area (Å²) in [5, 5.41) is 22.9. The molecular formula is C11H13N3O2. The number of hydrogen-bond acceptors (Lipinski definition) is 4. The minimum atomic E-state index is -0.239. The molecule has 84 valence electrons. The van der Waals surface area contributed by atoms with Crippen molar-refractivity contribution in [2.24, 2.45) is 0 Å². The van der Waals surface area contributed by atoms with Crippen LogP contribution in [0.15, 0.2) is 24.3 Å². The van der Waals surface area contributed by atoms with Crippen LogP contribution in [0.2, 0.25) is 0 Å². The van der Waals surface area contributed by atoms with E-state index in [0.29, 0.717) is 6.54 Å². The lowest BCUT2D eigenvalue weighted by Gasteiger charge is -2.06. The number of nitriles is 1. The van der Waals surface area contributed by atoms with Crippen LogP contribution >= 0.6 is 0 Å². The molecule has 0 aromatic heterocycles. The zero-order valence-electron chi connectivity index (χ0n) is 8.73. The Morgan fingerprint density at radius 1 is 1.44 bits per heavy atom. The van der Waals surface area contributed by atoms with Gasteiger partial charge in [0.2, 0.25) is 5.91 Å². The molecule has 0 aliphatic rings. The van der Waals surface area contributed by atoms with Crippen molar-refractivity contribution in [3.05, 3.63) is 29.8 Å². The van der Waals surface area contributed by atoms with Crippen molar-refractivity contribution >= 4 is 5.91 Å². The number of nitrogens with one attached hydrogen (secondary N) is 2. The molecule has 0 spiro atoms. The van der Waals surface area contributed by atoms with Crippen molar-refractivity contribution in [1.29, 1.82) is 5.26 Å². The zero-order valence-corrected chi connectivity index (χ0v) is 8.73. The van der Waals surface area contributed by atoms with E-state index in [1.54, 1.807) is 18.2 Å². The van der Waals surface area contributed by atoms with Crippen LogP contribution in [0.25, 0.3) is 0 Å². The Bertz CT molecular complexity index is 398. The number of rotatable bonds is 5. The van der Waals surface area contributed by atoms with Gasteiger partial charge in [-0.2, -0.15) is 5.26 Å². The van der Waals surface area contributed by atoms with E-state index >= 15 is 0 Å². The highest BCUT2D eigenvalue weighted by molar-refractivity contribution is 5.78. The molecule has 0 heterocycles. The van der Waals surface area contributed by atoms with Gasteiger partial charge in [-0.3, -0.25) is 4.79 Å². The number of phenolic OH excluding ortho intramolecular Hbond substituents is 1. The first-order valence-electron chi connectivity index (χ1n) is 4.85. The van der Waals surface area contributed by atoms with Crippen molar-refractivity contribution < 1.29 is 9.90 Å². The second-order valence-corrected chi connectivity index (χ2v) is 3.17. The van der Waals surface area contributed by atoms with Crippen molar-refractivity contribution in [2.45, 2.75) is 6.54 Å². The second kappa shape index (κ2) is 6.43. The number of nitrogens with zero attached hydrogens (tertiary/aromatic N) is 1. The molecule has 5 heteroatoms. The second-order valence-electron chi connectivity index (χ2n) is 3.17. The molecule has 1 rings (SSSR count). The van der Waals surface area contributed by atoms with Crippen LogP contribution in [-0.4, -0.2) is 24.1 Å². The van der Waals surface area contributed by atoms with Gasteiger partial charge in [-0.25, -0.2) is 0 Å². The Balaban J connectivity index is 2.29. The van der Waals surface area contributed by atoms with Gasteiger partial charge in [0.1, 0.15) is 12.3 Å². The van der Waals surface area contributed by atoms with E-state index in [4.69, 9.17) is 5.26 Å². The van der Waals surface area contributed by atoms with E-state index in [0.717, 1.165) is 5.56 Å². The van der Waals surface area contributed by atoms with Gasteiger partial charge < -0.3 is 15.7 Å². The Kier molecular flexibility index (Phi) is 4.83. The third-order valence-electron chi connectivity index (χ3n) is 1.96. The van der Waals surface area contributed by atoms with Crippen LogP contribution in [-0.2, 0) is 11.3 Å². The molecule has 0 fully saturated rings. The van der Waals surface area contributed by atoms with E-state index in [1.165, 1.54) is 0 Å². The molecule has 0 aliphatic heterocycles. The summed E-state index contributed by atoms with van der Waals surface area (Å²) in [5.41, 5.74) is 0.732. The third-order valence-corrected chi connectivity index (χ3v) is 1.96. The number of carbonyl (C=O) groups is 1. The molecule has 0 unspecified atom stereocenters. The van der Waals surface area contributed by atoms with Crippen LogP contribution in [0.5, 0.6) is 5.75 Å². The standard InChI is InChI=1S/C11H13N3O2/c12-5-6-14-11(16)8-13-7-9-3-1-2-4-10(9)15/h1-4,13,15H,6-8H2,(H,14,16). The van der Waals surface area contributed by atoms with Crippen LogP contribution in [0.4, 0.5) is 0 Å². The third kappa shape index (κ3) is 3.98. The highest BCUT2D eigenvalue weighted by Crippen LogP contribution is 2.14. The molecule has 0 aliphatic carbocycles. The smallest absolute Gasteiger partial charge is 0.234 e. The fourth-order valence-corrected chi connectivity index (χ4v) is 1.17. The summed E-state index contributed by atoms with van der Waals surface area (Å²) < 4.78 is 0. The van der Waals surface area contributed by atoms with Crippen molar-refractivity contribution in [3.8, 4) is 11.8 Å². The van der Waals surface area contributed by atoms with Gasteiger partial charge in [0, 0.05) is 12.1 Å². The fourth-order valence-electron chi connectivity index (χ4n) is 1.17. The number of hydrogen-bond donors (Lipinski definition) is 3. The van der Waals surface area contributed by atoms with Crippen LogP contribution < -0.4 is 10.6 Å². The molecule has 1 amide bonds. The molecule has 0 atom stereocenters. The molecule has 0 saturated carbocycles. The van der Waals surface area contributed by atoms with Crippen LogP contribution in [0.1, 0.15) is 5.56 Å². The van der Waals surface area contributed by atoms with Gasteiger partial charge in [0.15, 0.2) is 0 Å². The molecule has 1 aromatic carbocycles. The van der Waals surface area contributed by atoms with E-state index in [9.17, 15) is 9.90 Å². The molecule has 5 nitrogen and oxygen atoms in total. The first kappa shape index (κ1) is 12.0. The van der Waals surface area contributed by atoms with Gasteiger partial charge >= 0.3 is 0 Å². The van der Waals surface area contributed by atoms with Crippen molar-refractivity contribution in [3.63, 3.8) is 0 Å². The van der Waals surface area contributed by atoms with E-state index < -0.39 is 0 Å². The maximum atomic E-state index is 11.1. The van der Waals surface area contributed by atoms with Crippen molar-refractivity contribution in [2.75, 3.05) is 13.1 Å². The van der Waals surface area contributed by atoms with Gasteiger partial charge in [-0.15, -0.1) is 0 Å². The number of amides is 1. The maximum absolute atomic E-state index is 11.1. The Labute approximate surface area is 93.7 Å². The van der Waals surface area contributed by atoms with E-state index in [-0.39, 0.29) is 24.7 Å². The SMILES string of the molecule is N#CCNC(=O)CNCc1ccccc1O. The summed E-state index contributed by atoms with van der Waals surface area (Å²) in [7, 11) is 0. The number of para-hydroxylation sites is 1. The Hall–Kier alpha value is -2.06. The van der Waals surface area contributed by atoms with Crippen molar-refractivity contribution in [1.82, 2.24) is 10.6 Å². The minimum absolute atomic E-state index is 0.0110. The first-order valence-corrected chi connectivity index (χ1v) is 4.85. The summed E-state index contributed by atoms with van der Waals surface area (Å²) in [6.45, 7) is 0.541. The molecule has 1 aromatic rings. The first-order chi connectivity index (χ1) is 7.74. The molecule has 0 saturated heterocycles. The number of carbonyl (C=O) groups excluding carboxylic acids is 1. The van der Waals surface area contributed by atoms with Gasteiger partial charge in [-0.1, -0.05) is 18.2 Å². The lowest BCUT2D eigenvalue weighted by molar-refractivity contribution is -0.120. The fraction of sp³-hybridized carbons (Fsp3) is 0.273. The lowest BCUT2D eigenvalue weighted by Crippen LogP contribution is -2.33. The molecule has 16 heavy (non-hydrogen) atoms. The zero-order chi connectivity index (χ0) is 11.8. The number of aromatic hydroxyl groups is 1. The lowest BCUT2D eigenvalue weighted by atomic mass is 10.2. The van der Waals surface area contributed by atoms with Gasteiger partial charge in [0.25, 0.3) is 0 Å². The number of phenols is 1. The average molecular weight is 219 g/mol. The van der Waals surface area contributed by atoms with Gasteiger partial charge in [0.05, 0.1) is 12.6 Å².